The summed E-state index contributed by atoms with van der Waals surface area (Å²) in [6.07, 6.45) is -4.15. The Bertz CT molecular complexity index is 640. The number of aryl methyl sites for hydroxylation is 1. The molecule has 112 valence electrons. The summed E-state index contributed by atoms with van der Waals surface area (Å²) < 4.78 is 42.4. The Morgan fingerprint density at radius 1 is 1.33 bits per heavy atom. The predicted octanol–water partition coefficient (Wildman–Crippen LogP) is 3.92. The standard InChI is InChI=1S/C13H10ClF3N2O2/c14-11-7-10(21-19-11)4-5-12(20)18-9-3-1-2-8(6-9)13(15,16)17/h1-3,6-7H,4-5H2,(H,18,20). The normalized spacial score (nSPS) is 11.4. The Morgan fingerprint density at radius 2 is 2.10 bits per heavy atom. The number of halogens is 4. The van der Waals surface area contributed by atoms with Crippen LogP contribution >= 0.6 is 11.6 Å². The number of alkyl halides is 3. The van der Waals surface area contributed by atoms with E-state index in [1.54, 1.807) is 0 Å². The van der Waals surface area contributed by atoms with E-state index in [0.717, 1.165) is 12.1 Å². The van der Waals surface area contributed by atoms with Gasteiger partial charge in [0.1, 0.15) is 5.76 Å². The van der Waals surface area contributed by atoms with Crippen molar-refractivity contribution in [3.05, 3.63) is 46.8 Å². The molecule has 1 aromatic heterocycles. The lowest BCUT2D eigenvalue weighted by atomic mass is 10.2. The molecule has 4 nitrogen and oxygen atoms in total. The second-order valence-corrected chi connectivity index (χ2v) is 4.63. The second kappa shape index (κ2) is 6.17. The van der Waals surface area contributed by atoms with Crippen LogP contribution in [0.2, 0.25) is 5.15 Å². The van der Waals surface area contributed by atoms with Gasteiger partial charge in [-0.25, -0.2) is 0 Å². The zero-order chi connectivity index (χ0) is 15.5. The third kappa shape index (κ3) is 4.49. The molecule has 0 bridgehead atoms. The third-order valence-electron chi connectivity index (χ3n) is 2.60. The molecule has 0 aliphatic rings. The van der Waals surface area contributed by atoms with Gasteiger partial charge < -0.3 is 9.84 Å². The molecule has 0 radical (unpaired) electrons. The summed E-state index contributed by atoms with van der Waals surface area (Å²) in [7, 11) is 0. The number of benzene rings is 1. The van der Waals surface area contributed by atoms with Crippen LogP contribution in [0.25, 0.3) is 0 Å². The smallest absolute Gasteiger partial charge is 0.360 e. The van der Waals surface area contributed by atoms with Crippen molar-refractivity contribution >= 4 is 23.2 Å². The molecule has 1 aromatic carbocycles. The molecule has 1 N–H and O–H groups in total. The first kappa shape index (κ1) is 15.4. The average molecular weight is 319 g/mol. The number of anilines is 1. The molecule has 0 saturated carbocycles. The SMILES string of the molecule is O=C(CCc1cc(Cl)no1)Nc1cccc(C(F)(F)F)c1. The van der Waals surface area contributed by atoms with Crippen LogP contribution in [0.4, 0.5) is 18.9 Å². The Morgan fingerprint density at radius 3 is 2.71 bits per heavy atom. The van der Waals surface area contributed by atoms with Crippen LogP contribution < -0.4 is 5.32 Å². The van der Waals surface area contributed by atoms with Crippen LogP contribution in [0.3, 0.4) is 0 Å². The minimum absolute atomic E-state index is 0.0434. The van der Waals surface area contributed by atoms with Crippen molar-refractivity contribution in [2.24, 2.45) is 0 Å². The summed E-state index contributed by atoms with van der Waals surface area (Å²) in [5.74, 6) is 0.000962. The minimum Gasteiger partial charge on any atom is -0.360 e. The van der Waals surface area contributed by atoms with Gasteiger partial charge in [-0.2, -0.15) is 13.2 Å². The van der Waals surface area contributed by atoms with Crippen LogP contribution in [0, 0.1) is 0 Å². The Balaban J connectivity index is 1.93. The maximum Gasteiger partial charge on any atom is 0.416 e. The average Bonchev–Trinajstić information content (AvgIpc) is 2.82. The number of hydrogen-bond donors (Lipinski definition) is 1. The Kier molecular flexibility index (Phi) is 4.52. The fourth-order valence-corrected chi connectivity index (χ4v) is 1.80. The van der Waals surface area contributed by atoms with Crippen molar-refractivity contribution in [3.8, 4) is 0 Å². The van der Waals surface area contributed by atoms with Gasteiger partial charge in [0.05, 0.1) is 5.56 Å². The quantitative estimate of drug-likeness (QED) is 0.929. The summed E-state index contributed by atoms with van der Waals surface area (Å²) >= 11 is 5.55. The number of hydrogen-bond acceptors (Lipinski definition) is 3. The molecule has 21 heavy (non-hydrogen) atoms. The maximum absolute atomic E-state index is 12.5. The highest BCUT2D eigenvalue weighted by Gasteiger charge is 2.30. The van der Waals surface area contributed by atoms with E-state index in [0.29, 0.717) is 5.76 Å². The summed E-state index contributed by atoms with van der Waals surface area (Å²) in [6.45, 7) is 0. The highest BCUT2D eigenvalue weighted by Crippen LogP contribution is 2.30. The van der Waals surface area contributed by atoms with E-state index >= 15 is 0 Å². The van der Waals surface area contributed by atoms with E-state index in [2.05, 4.69) is 10.5 Å². The van der Waals surface area contributed by atoms with Crippen LogP contribution in [0.5, 0.6) is 0 Å². The minimum atomic E-state index is -4.45. The number of nitrogens with zero attached hydrogens (tertiary/aromatic N) is 1. The number of nitrogens with one attached hydrogen (secondary N) is 1. The van der Waals surface area contributed by atoms with E-state index in [4.69, 9.17) is 16.1 Å². The van der Waals surface area contributed by atoms with Gasteiger partial charge >= 0.3 is 6.18 Å². The topological polar surface area (TPSA) is 55.1 Å². The van der Waals surface area contributed by atoms with Crippen LogP contribution in [-0.2, 0) is 17.4 Å². The Hall–Kier alpha value is -2.02. The third-order valence-corrected chi connectivity index (χ3v) is 2.78. The molecule has 0 fully saturated rings. The fraction of sp³-hybridized carbons (Fsp3) is 0.231. The number of carbonyl (C=O) groups is 1. The number of rotatable bonds is 4. The van der Waals surface area contributed by atoms with E-state index in [1.807, 2.05) is 0 Å². The molecule has 0 spiro atoms. The van der Waals surface area contributed by atoms with Crippen LogP contribution in [0.1, 0.15) is 17.7 Å². The highest BCUT2D eigenvalue weighted by molar-refractivity contribution is 6.29. The maximum atomic E-state index is 12.5. The first-order valence-electron chi connectivity index (χ1n) is 5.93. The second-order valence-electron chi connectivity index (χ2n) is 4.24. The summed E-state index contributed by atoms with van der Waals surface area (Å²) in [6, 6.07) is 5.90. The van der Waals surface area contributed by atoms with Crippen molar-refractivity contribution in [1.82, 2.24) is 5.16 Å². The van der Waals surface area contributed by atoms with E-state index in [-0.39, 0.29) is 23.7 Å². The summed E-state index contributed by atoms with van der Waals surface area (Å²) in [5, 5.41) is 6.03. The van der Waals surface area contributed by atoms with E-state index < -0.39 is 17.6 Å². The monoisotopic (exact) mass is 318 g/mol. The van der Waals surface area contributed by atoms with Crippen LogP contribution in [-0.4, -0.2) is 11.1 Å². The lowest BCUT2D eigenvalue weighted by Gasteiger charge is -2.09. The first-order valence-corrected chi connectivity index (χ1v) is 6.30. The van der Waals surface area contributed by atoms with Gasteiger partial charge in [-0.1, -0.05) is 22.8 Å². The molecule has 0 atom stereocenters. The van der Waals surface area contributed by atoms with Crippen LogP contribution in [0.15, 0.2) is 34.9 Å². The van der Waals surface area contributed by atoms with Gasteiger partial charge in [0.15, 0.2) is 5.15 Å². The van der Waals surface area contributed by atoms with Gasteiger partial charge in [0.25, 0.3) is 0 Å². The summed E-state index contributed by atoms with van der Waals surface area (Å²) in [5.41, 5.74) is -0.729. The molecular weight excluding hydrogens is 309 g/mol. The van der Waals surface area contributed by atoms with Crippen molar-refractivity contribution in [2.75, 3.05) is 5.32 Å². The zero-order valence-electron chi connectivity index (χ0n) is 10.6. The molecule has 0 aliphatic carbocycles. The number of aromatic nitrogens is 1. The molecule has 8 heteroatoms. The van der Waals surface area contributed by atoms with Gasteiger partial charge in [0.2, 0.25) is 5.91 Å². The number of carbonyl (C=O) groups excluding carboxylic acids is 1. The van der Waals surface area contributed by atoms with Gasteiger partial charge in [-0.15, -0.1) is 0 Å². The van der Waals surface area contributed by atoms with Gasteiger partial charge in [-0.3, -0.25) is 4.79 Å². The predicted molar refractivity (Wildman–Crippen MR) is 69.9 cm³/mol. The van der Waals surface area contributed by atoms with Gasteiger partial charge in [0, 0.05) is 24.6 Å². The lowest BCUT2D eigenvalue weighted by molar-refractivity contribution is -0.137. The Labute approximate surface area is 122 Å². The molecule has 1 amide bonds. The fourth-order valence-electron chi connectivity index (χ4n) is 1.64. The molecular formula is C13H10ClF3N2O2. The van der Waals surface area contributed by atoms with Crippen molar-refractivity contribution < 1.29 is 22.5 Å². The molecule has 0 unspecified atom stereocenters. The lowest BCUT2D eigenvalue weighted by Crippen LogP contribution is -2.13. The van der Waals surface area contributed by atoms with Crippen molar-refractivity contribution in [3.63, 3.8) is 0 Å². The summed E-state index contributed by atoms with van der Waals surface area (Å²) in [4.78, 5) is 11.7. The van der Waals surface area contributed by atoms with E-state index in [9.17, 15) is 18.0 Å². The van der Waals surface area contributed by atoms with Crippen molar-refractivity contribution in [2.45, 2.75) is 19.0 Å². The highest BCUT2D eigenvalue weighted by atomic mass is 35.5. The molecule has 1 heterocycles. The van der Waals surface area contributed by atoms with E-state index in [1.165, 1.54) is 18.2 Å². The number of amides is 1. The molecule has 2 aromatic rings. The molecule has 2 rings (SSSR count). The van der Waals surface area contributed by atoms with Gasteiger partial charge in [-0.05, 0) is 18.2 Å². The van der Waals surface area contributed by atoms with Crippen molar-refractivity contribution in [1.29, 1.82) is 0 Å². The molecule has 0 aliphatic heterocycles. The largest absolute Gasteiger partial charge is 0.416 e. The first-order chi connectivity index (χ1) is 9.84. The molecule has 0 saturated heterocycles. The zero-order valence-corrected chi connectivity index (χ0v) is 11.3.